The summed E-state index contributed by atoms with van der Waals surface area (Å²) in [4.78, 5) is 37.4. The van der Waals surface area contributed by atoms with Gasteiger partial charge in [-0.05, 0) is 60.2 Å². The van der Waals surface area contributed by atoms with Crippen LogP contribution in [0.1, 0.15) is 33.7 Å². The van der Waals surface area contributed by atoms with Gasteiger partial charge in [-0.15, -0.1) is 0 Å². The van der Waals surface area contributed by atoms with Gasteiger partial charge in [-0.25, -0.2) is 4.79 Å². The van der Waals surface area contributed by atoms with Crippen LogP contribution in [0.5, 0.6) is 0 Å². The summed E-state index contributed by atoms with van der Waals surface area (Å²) in [6.45, 7) is -0.447. The number of benzene rings is 2. The van der Waals surface area contributed by atoms with Crippen molar-refractivity contribution in [2.75, 3.05) is 11.9 Å². The van der Waals surface area contributed by atoms with Gasteiger partial charge in [-0.2, -0.15) is 0 Å². The summed E-state index contributed by atoms with van der Waals surface area (Å²) in [6.07, 6.45) is 4.79. The van der Waals surface area contributed by atoms with Gasteiger partial charge in [-0.1, -0.05) is 36.4 Å². The lowest BCUT2D eigenvalue weighted by molar-refractivity contribution is -0.149. The van der Waals surface area contributed by atoms with Crippen LogP contribution >= 0.6 is 0 Å². The summed E-state index contributed by atoms with van der Waals surface area (Å²) in [5.41, 5.74) is 4.07. The molecule has 0 spiro atoms. The van der Waals surface area contributed by atoms with Gasteiger partial charge in [0.2, 0.25) is 0 Å². The lowest BCUT2D eigenvalue weighted by Crippen LogP contribution is -2.44. The normalized spacial score (nSPS) is 13.1. The van der Waals surface area contributed by atoms with E-state index < -0.39 is 30.4 Å². The highest BCUT2D eigenvalue weighted by Crippen LogP contribution is 2.24. The first-order valence-electron chi connectivity index (χ1n) is 10.5. The summed E-state index contributed by atoms with van der Waals surface area (Å²) < 4.78 is 10.3. The highest BCUT2D eigenvalue weighted by Gasteiger charge is 2.25. The Morgan fingerprint density at radius 1 is 0.969 bits per heavy atom. The molecule has 32 heavy (non-hydrogen) atoms. The highest BCUT2D eigenvalue weighted by molar-refractivity contribution is 5.96. The number of furan rings is 1. The van der Waals surface area contributed by atoms with Crippen molar-refractivity contribution >= 4 is 23.5 Å². The predicted molar refractivity (Wildman–Crippen MR) is 118 cm³/mol. The summed E-state index contributed by atoms with van der Waals surface area (Å²) in [5.74, 6) is -1.58. The molecular formula is C25H24N2O5. The minimum Gasteiger partial charge on any atom is -0.459 e. The van der Waals surface area contributed by atoms with E-state index in [4.69, 9.17) is 9.15 Å². The molecule has 1 aromatic heterocycles. The summed E-state index contributed by atoms with van der Waals surface area (Å²) in [7, 11) is 0. The van der Waals surface area contributed by atoms with Gasteiger partial charge in [0.1, 0.15) is 6.04 Å². The average molecular weight is 432 g/mol. The molecule has 7 heteroatoms. The number of carbonyl (C=O) groups excluding carboxylic acids is 3. The average Bonchev–Trinajstić information content (AvgIpc) is 3.49. The first-order valence-corrected chi connectivity index (χ1v) is 10.5. The van der Waals surface area contributed by atoms with E-state index in [-0.39, 0.29) is 12.2 Å². The van der Waals surface area contributed by atoms with Crippen LogP contribution in [0.2, 0.25) is 0 Å². The van der Waals surface area contributed by atoms with Crippen molar-refractivity contribution < 1.29 is 23.5 Å². The Labute approximate surface area is 185 Å². The van der Waals surface area contributed by atoms with Crippen LogP contribution in [-0.2, 0) is 33.6 Å². The largest absolute Gasteiger partial charge is 0.459 e. The van der Waals surface area contributed by atoms with Crippen molar-refractivity contribution in [3.8, 4) is 0 Å². The van der Waals surface area contributed by atoms with Gasteiger partial charge in [0, 0.05) is 12.1 Å². The van der Waals surface area contributed by atoms with Gasteiger partial charge in [0.15, 0.2) is 12.4 Å². The molecule has 1 aliphatic rings. The molecule has 0 aliphatic heterocycles. The third kappa shape index (κ3) is 5.43. The molecule has 1 heterocycles. The Balaban J connectivity index is 1.36. The summed E-state index contributed by atoms with van der Waals surface area (Å²) >= 11 is 0. The second kappa shape index (κ2) is 9.96. The van der Waals surface area contributed by atoms with Crippen LogP contribution in [0.4, 0.5) is 5.69 Å². The molecule has 7 nitrogen and oxygen atoms in total. The van der Waals surface area contributed by atoms with Crippen LogP contribution in [0.25, 0.3) is 0 Å². The molecule has 1 atom stereocenters. The zero-order chi connectivity index (χ0) is 22.3. The molecule has 3 aromatic rings. The van der Waals surface area contributed by atoms with Crippen molar-refractivity contribution in [2.45, 2.75) is 31.7 Å². The molecule has 164 valence electrons. The van der Waals surface area contributed by atoms with E-state index in [1.54, 1.807) is 6.07 Å². The predicted octanol–water partition coefficient (Wildman–Crippen LogP) is 3.29. The fraction of sp³-hybridized carbons (Fsp3) is 0.240. The monoisotopic (exact) mass is 432 g/mol. The highest BCUT2D eigenvalue weighted by atomic mass is 16.5. The smallest absolute Gasteiger partial charge is 0.329 e. The zero-order valence-corrected chi connectivity index (χ0v) is 17.5. The maximum atomic E-state index is 12.7. The van der Waals surface area contributed by atoms with Crippen molar-refractivity contribution in [1.29, 1.82) is 0 Å². The minimum absolute atomic E-state index is 0.0882. The molecule has 2 aromatic carbocycles. The fourth-order valence-corrected chi connectivity index (χ4v) is 3.76. The van der Waals surface area contributed by atoms with Crippen LogP contribution in [-0.4, -0.2) is 30.4 Å². The standard InChI is InChI=1S/C25H24N2O5/c28-23(26-20-12-11-18-8-4-9-19(18)15-20)16-32-25(30)21(14-17-6-2-1-3-7-17)27-24(29)22-10-5-13-31-22/h1-3,5-7,10-13,15,21H,4,8-9,14,16H2,(H,26,28)(H,27,29). The summed E-state index contributed by atoms with van der Waals surface area (Å²) in [6, 6.07) is 17.2. The quantitative estimate of drug-likeness (QED) is 0.533. The van der Waals surface area contributed by atoms with Gasteiger partial charge < -0.3 is 19.8 Å². The van der Waals surface area contributed by atoms with E-state index in [2.05, 4.69) is 10.6 Å². The fourth-order valence-electron chi connectivity index (χ4n) is 3.76. The van der Waals surface area contributed by atoms with Crippen molar-refractivity contribution in [3.05, 3.63) is 89.4 Å². The van der Waals surface area contributed by atoms with E-state index >= 15 is 0 Å². The van der Waals surface area contributed by atoms with E-state index in [1.807, 2.05) is 48.5 Å². The molecule has 0 saturated heterocycles. The van der Waals surface area contributed by atoms with Gasteiger partial charge in [-0.3, -0.25) is 9.59 Å². The van der Waals surface area contributed by atoms with Gasteiger partial charge >= 0.3 is 5.97 Å². The number of carbonyl (C=O) groups is 3. The molecule has 0 radical (unpaired) electrons. The minimum atomic E-state index is -0.970. The third-order valence-corrected chi connectivity index (χ3v) is 5.35. The molecular weight excluding hydrogens is 408 g/mol. The maximum absolute atomic E-state index is 12.7. The molecule has 1 unspecified atom stereocenters. The first-order chi connectivity index (χ1) is 15.6. The summed E-state index contributed by atoms with van der Waals surface area (Å²) in [5, 5.41) is 5.39. The van der Waals surface area contributed by atoms with Crippen LogP contribution in [0.3, 0.4) is 0 Å². The van der Waals surface area contributed by atoms with Crippen LogP contribution in [0.15, 0.2) is 71.3 Å². The Hall–Kier alpha value is -3.87. The zero-order valence-electron chi connectivity index (χ0n) is 17.5. The lowest BCUT2D eigenvalue weighted by atomic mass is 10.1. The lowest BCUT2D eigenvalue weighted by Gasteiger charge is -2.17. The number of amides is 2. The first kappa shape index (κ1) is 21.4. The van der Waals surface area contributed by atoms with E-state index in [0.717, 1.165) is 24.8 Å². The number of fused-ring (bicyclic) bond motifs is 1. The molecule has 0 fully saturated rings. The van der Waals surface area contributed by atoms with E-state index in [9.17, 15) is 14.4 Å². The second-order valence-corrected chi connectivity index (χ2v) is 7.69. The number of hydrogen-bond acceptors (Lipinski definition) is 5. The van der Waals surface area contributed by atoms with Gasteiger partial charge in [0.25, 0.3) is 11.8 Å². The number of rotatable bonds is 8. The maximum Gasteiger partial charge on any atom is 0.329 e. The van der Waals surface area contributed by atoms with Gasteiger partial charge in [0.05, 0.1) is 6.26 Å². The molecule has 1 aliphatic carbocycles. The number of ether oxygens (including phenoxy) is 1. The Morgan fingerprint density at radius 3 is 2.56 bits per heavy atom. The van der Waals surface area contributed by atoms with Crippen LogP contribution < -0.4 is 10.6 Å². The van der Waals surface area contributed by atoms with Crippen LogP contribution in [0, 0.1) is 0 Å². The van der Waals surface area contributed by atoms with E-state index in [1.165, 1.54) is 23.5 Å². The number of anilines is 1. The van der Waals surface area contributed by atoms with Crippen molar-refractivity contribution in [2.24, 2.45) is 0 Å². The number of nitrogens with one attached hydrogen (secondary N) is 2. The molecule has 2 N–H and O–H groups in total. The van der Waals surface area contributed by atoms with E-state index in [0.29, 0.717) is 5.69 Å². The topological polar surface area (TPSA) is 97.6 Å². The van der Waals surface area contributed by atoms with Crippen molar-refractivity contribution in [1.82, 2.24) is 5.32 Å². The molecule has 4 rings (SSSR count). The number of aryl methyl sites for hydroxylation is 2. The number of esters is 1. The second-order valence-electron chi connectivity index (χ2n) is 7.69. The third-order valence-electron chi connectivity index (χ3n) is 5.35. The Bertz CT molecular complexity index is 1090. The molecule has 0 saturated carbocycles. The molecule has 0 bridgehead atoms. The number of hydrogen-bond donors (Lipinski definition) is 2. The van der Waals surface area contributed by atoms with Crippen molar-refractivity contribution in [3.63, 3.8) is 0 Å². The molecule has 2 amide bonds. The Morgan fingerprint density at radius 2 is 1.78 bits per heavy atom. The SMILES string of the molecule is O=C(COC(=O)C(Cc1ccccc1)NC(=O)c1ccco1)Nc1ccc2c(c1)CCC2. The Kier molecular flexibility index (Phi) is 6.65.